The summed E-state index contributed by atoms with van der Waals surface area (Å²) in [7, 11) is 1.41. The van der Waals surface area contributed by atoms with Crippen LogP contribution in [0.25, 0.3) is 0 Å². The molecule has 1 heterocycles. The molecule has 1 unspecified atom stereocenters. The monoisotopic (exact) mass is 99.1 g/mol. The SMILES string of the molecule is CC1CCO[B]O1. The summed E-state index contributed by atoms with van der Waals surface area (Å²) in [5.41, 5.74) is 0. The molecule has 2 nitrogen and oxygen atoms in total. The third-order valence-electron chi connectivity index (χ3n) is 0.998. The van der Waals surface area contributed by atoms with Crippen LogP contribution < -0.4 is 0 Å². The fraction of sp³-hybridized carbons (Fsp3) is 1.00. The molecule has 1 atom stereocenters. The van der Waals surface area contributed by atoms with E-state index in [1.165, 1.54) is 7.69 Å². The van der Waals surface area contributed by atoms with Crippen LogP contribution in [-0.4, -0.2) is 20.4 Å². The highest BCUT2D eigenvalue weighted by atomic mass is 16.6. The molecular weight excluding hydrogens is 90.9 g/mol. The van der Waals surface area contributed by atoms with Gasteiger partial charge in [-0.15, -0.1) is 0 Å². The van der Waals surface area contributed by atoms with Crippen molar-refractivity contribution >= 4 is 7.69 Å². The first kappa shape index (κ1) is 5.13. The van der Waals surface area contributed by atoms with Crippen LogP contribution in [0, 0.1) is 0 Å². The molecule has 1 aliphatic rings. The van der Waals surface area contributed by atoms with Crippen molar-refractivity contribution in [1.82, 2.24) is 0 Å². The van der Waals surface area contributed by atoms with Gasteiger partial charge in [0.1, 0.15) is 0 Å². The Kier molecular flexibility index (Phi) is 1.71. The Bertz CT molecular complexity index is 51.7. The Morgan fingerprint density at radius 2 is 2.57 bits per heavy atom. The Labute approximate surface area is 44.1 Å². The second-order valence-electron chi connectivity index (χ2n) is 1.70. The minimum atomic E-state index is 0.355. The van der Waals surface area contributed by atoms with Crippen LogP contribution in [0.5, 0.6) is 0 Å². The zero-order valence-electron chi connectivity index (χ0n) is 4.39. The fourth-order valence-corrected chi connectivity index (χ4v) is 0.484. The molecule has 1 saturated heterocycles. The van der Waals surface area contributed by atoms with E-state index in [0.29, 0.717) is 6.10 Å². The van der Waals surface area contributed by atoms with Crippen LogP contribution in [0.4, 0.5) is 0 Å². The molecule has 0 aromatic heterocycles. The molecule has 1 aliphatic heterocycles. The lowest BCUT2D eigenvalue weighted by Crippen LogP contribution is -2.22. The molecule has 1 fully saturated rings. The largest absolute Gasteiger partial charge is 0.488 e. The van der Waals surface area contributed by atoms with Gasteiger partial charge >= 0.3 is 7.69 Å². The topological polar surface area (TPSA) is 18.5 Å². The predicted octanol–water partition coefficient (Wildman–Crippen LogP) is 0.346. The van der Waals surface area contributed by atoms with Crippen molar-refractivity contribution in [2.45, 2.75) is 19.4 Å². The first-order valence-electron chi connectivity index (χ1n) is 2.48. The average Bonchev–Trinajstić information content (AvgIpc) is 1.69. The van der Waals surface area contributed by atoms with E-state index in [9.17, 15) is 0 Å². The minimum absolute atomic E-state index is 0.355. The fourth-order valence-electron chi connectivity index (χ4n) is 0.484. The molecule has 0 aromatic carbocycles. The van der Waals surface area contributed by atoms with Gasteiger partial charge in [-0.3, -0.25) is 0 Å². The summed E-state index contributed by atoms with van der Waals surface area (Å²) < 4.78 is 9.72. The highest BCUT2D eigenvalue weighted by Crippen LogP contribution is 2.01. The van der Waals surface area contributed by atoms with Crippen LogP contribution in [0.3, 0.4) is 0 Å². The molecule has 0 amide bonds. The van der Waals surface area contributed by atoms with Gasteiger partial charge in [-0.2, -0.15) is 0 Å². The third-order valence-corrected chi connectivity index (χ3v) is 0.998. The lowest BCUT2D eigenvalue weighted by Gasteiger charge is -2.16. The second kappa shape index (κ2) is 2.33. The van der Waals surface area contributed by atoms with Crippen LogP contribution in [0.1, 0.15) is 13.3 Å². The quantitative estimate of drug-likeness (QED) is 0.408. The number of hydrogen-bond acceptors (Lipinski definition) is 2. The number of hydrogen-bond donors (Lipinski definition) is 0. The third kappa shape index (κ3) is 1.49. The second-order valence-corrected chi connectivity index (χ2v) is 1.70. The molecular formula is C4H8BO2. The first-order chi connectivity index (χ1) is 3.39. The normalized spacial score (nSPS) is 31.9. The van der Waals surface area contributed by atoms with E-state index in [4.69, 9.17) is 9.31 Å². The molecule has 1 rings (SSSR count). The molecule has 7 heavy (non-hydrogen) atoms. The zero-order chi connectivity index (χ0) is 5.11. The van der Waals surface area contributed by atoms with Crippen molar-refractivity contribution in [2.75, 3.05) is 6.61 Å². The average molecular weight is 98.9 g/mol. The highest BCUT2D eigenvalue weighted by molar-refractivity contribution is 6.18. The molecule has 3 heteroatoms. The molecule has 0 saturated carbocycles. The number of rotatable bonds is 0. The summed E-state index contributed by atoms with van der Waals surface area (Å²) in [6, 6.07) is 0. The summed E-state index contributed by atoms with van der Waals surface area (Å²) in [6.45, 7) is 2.83. The van der Waals surface area contributed by atoms with E-state index >= 15 is 0 Å². The zero-order valence-corrected chi connectivity index (χ0v) is 4.39. The Hall–Kier alpha value is -0.0151. The van der Waals surface area contributed by atoms with Crippen molar-refractivity contribution < 1.29 is 9.31 Å². The van der Waals surface area contributed by atoms with Gasteiger partial charge in [-0.25, -0.2) is 0 Å². The maximum absolute atomic E-state index is 4.93. The Balaban J connectivity index is 2.12. The van der Waals surface area contributed by atoms with E-state index in [-0.39, 0.29) is 0 Å². The molecule has 0 bridgehead atoms. The van der Waals surface area contributed by atoms with Crippen molar-refractivity contribution in [2.24, 2.45) is 0 Å². The lowest BCUT2D eigenvalue weighted by molar-refractivity contribution is 0.0972. The van der Waals surface area contributed by atoms with E-state index in [1.54, 1.807) is 0 Å². The molecule has 0 aromatic rings. The standard InChI is InChI=1S/C4H8BO2/c1-4-2-3-6-5-7-4/h4H,2-3H2,1H3. The van der Waals surface area contributed by atoms with Crippen molar-refractivity contribution in [3.8, 4) is 0 Å². The lowest BCUT2D eigenvalue weighted by atomic mass is 10.2. The highest BCUT2D eigenvalue weighted by Gasteiger charge is 2.08. The van der Waals surface area contributed by atoms with Gasteiger partial charge in [0.15, 0.2) is 0 Å². The smallest absolute Gasteiger partial charge is 0.413 e. The molecule has 0 N–H and O–H groups in total. The van der Waals surface area contributed by atoms with E-state index < -0.39 is 0 Å². The van der Waals surface area contributed by atoms with Crippen molar-refractivity contribution in [3.05, 3.63) is 0 Å². The Morgan fingerprint density at radius 3 is 2.86 bits per heavy atom. The minimum Gasteiger partial charge on any atom is -0.413 e. The van der Waals surface area contributed by atoms with Gasteiger partial charge < -0.3 is 9.31 Å². The van der Waals surface area contributed by atoms with Crippen LogP contribution in [0.15, 0.2) is 0 Å². The van der Waals surface area contributed by atoms with Crippen LogP contribution >= 0.6 is 0 Å². The maximum Gasteiger partial charge on any atom is 0.488 e. The molecule has 0 spiro atoms. The molecule has 1 radical (unpaired) electrons. The van der Waals surface area contributed by atoms with Crippen LogP contribution in [-0.2, 0) is 9.31 Å². The Morgan fingerprint density at radius 1 is 1.71 bits per heavy atom. The van der Waals surface area contributed by atoms with E-state index in [0.717, 1.165) is 13.0 Å². The summed E-state index contributed by atoms with van der Waals surface area (Å²) in [5.74, 6) is 0. The van der Waals surface area contributed by atoms with Gasteiger partial charge in [-0.1, -0.05) is 0 Å². The summed E-state index contributed by atoms with van der Waals surface area (Å²) in [5, 5.41) is 0. The van der Waals surface area contributed by atoms with Crippen molar-refractivity contribution in [1.29, 1.82) is 0 Å². The van der Waals surface area contributed by atoms with Gasteiger partial charge in [0.25, 0.3) is 0 Å². The maximum atomic E-state index is 4.93. The molecule has 39 valence electrons. The summed E-state index contributed by atoms with van der Waals surface area (Å²) >= 11 is 0. The summed E-state index contributed by atoms with van der Waals surface area (Å²) in [6.07, 6.45) is 1.37. The van der Waals surface area contributed by atoms with Crippen molar-refractivity contribution in [3.63, 3.8) is 0 Å². The van der Waals surface area contributed by atoms with E-state index in [1.807, 2.05) is 6.92 Å². The van der Waals surface area contributed by atoms with E-state index in [2.05, 4.69) is 0 Å². The van der Waals surface area contributed by atoms with Gasteiger partial charge in [0.2, 0.25) is 0 Å². The van der Waals surface area contributed by atoms with Gasteiger partial charge in [0.05, 0.1) is 0 Å². The molecule has 0 aliphatic carbocycles. The summed E-state index contributed by atoms with van der Waals surface area (Å²) in [4.78, 5) is 0. The first-order valence-corrected chi connectivity index (χ1v) is 2.48. The predicted molar refractivity (Wildman–Crippen MR) is 26.9 cm³/mol. The van der Waals surface area contributed by atoms with Crippen LogP contribution in [0.2, 0.25) is 0 Å². The van der Waals surface area contributed by atoms with Gasteiger partial charge in [-0.05, 0) is 13.3 Å². The van der Waals surface area contributed by atoms with Gasteiger partial charge in [0, 0.05) is 12.7 Å².